The van der Waals surface area contributed by atoms with Crippen LogP contribution in [0.15, 0.2) is 54.3 Å². The molecule has 50 heavy (non-hydrogen) atoms. The maximum absolute atomic E-state index is 13.8. The van der Waals surface area contributed by atoms with Crippen LogP contribution in [0.1, 0.15) is 49.0 Å². The Hall–Kier alpha value is -4.67. The second kappa shape index (κ2) is 13.9. The number of carboxylic acids is 1. The van der Waals surface area contributed by atoms with E-state index in [0.29, 0.717) is 29.9 Å². The number of aliphatic carboxylic acids is 1. The highest BCUT2D eigenvalue weighted by Gasteiger charge is 2.72. The first-order chi connectivity index (χ1) is 23.5. The van der Waals surface area contributed by atoms with Crippen molar-refractivity contribution in [3.63, 3.8) is 0 Å². The van der Waals surface area contributed by atoms with Gasteiger partial charge in [0.05, 0.1) is 24.5 Å². The van der Waals surface area contributed by atoms with Crippen LogP contribution in [0.4, 0.5) is 13.2 Å². The molecular weight excluding hydrogens is 669 g/mol. The molecule has 1 saturated heterocycles. The Kier molecular flexibility index (Phi) is 10.2. The minimum absolute atomic E-state index is 0.0701. The van der Waals surface area contributed by atoms with E-state index in [1.807, 2.05) is 19.2 Å². The van der Waals surface area contributed by atoms with Gasteiger partial charge in [0.2, 0.25) is 12.0 Å². The predicted octanol–water partition coefficient (Wildman–Crippen LogP) is 2.32. The molecule has 2 aliphatic carbocycles. The summed E-state index contributed by atoms with van der Waals surface area (Å²) in [5.41, 5.74) is 0.387. The molecule has 2 aromatic carbocycles. The van der Waals surface area contributed by atoms with Crippen LogP contribution in [0, 0.1) is 0 Å². The molecule has 2 aromatic rings. The second-order valence-electron chi connectivity index (χ2n) is 12.5. The SMILES string of the molecule is COc1ccc2c3c1O[C@H]1C(OC(=O)C(OC(=O)CCNC(=O)C(C)O)c4ccccc4)=CC[C@@]4(O)[C@@H](C2)N(C)CC[C@]314.O=C(O)C(F)(F)F. The molecule has 4 aliphatic rings. The fourth-order valence-electron chi connectivity index (χ4n) is 7.26. The molecule has 6 atom stereocenters. The number of aliphatic hydroxyl groups is 2. The number of carboxylic acid groups (broad SMARTS) is 1. The van der Waals surface area contributed by atoms with Gasteiger partial charge in [0.15, 0.2) is 17.6 Å². The molecule has 0 radical (unpaired) electrons. The number of nitrogens with one attached hydrogen (secondary N) is 1. The molecule has 1 fully saturated rings. The third kappa shape index (κ3) is 6.50. The number of benzene rings is 2. The summed E-state index contributed by atoms with van der Waals surface area (Å²) < 4.78 is 55.5. The number of nitrogens with zero attached hydrogens (tertiary/aromatic N) is 1. The van der Waals surface area contributed by atoms with Crippen molar-refractivity contribution < 1.29 is 66.6 Å². The lowest BCUT2D eigenvalue weighted by Crippen LogP contribution is -2.74. The topological polar surface area (TPSA) is 181 Å². The molecule has 16 heteroatoms. The Balaban J connectivity index is 0.000000630. The number of rotatable bonds is 9. The Morgan fingerprint density at radius 1 is 1.14 bits per heavy atom. The summed E-state index contributed by atoms with van der Waals surface area (Å²) in [6, 6.07) is 12.3. The zero-order valence-electron chi connectivity index (χ0n) is 27.4. The van der Waals surface area contributed by atoms with E-state index in [4.69, 9.17) is 28.8 Å². The Morgan fingerprint density at radius 3 is 2.44 bits per heavy atom. The highest BCUT2D eigenvalue weighted by molar-refractivity contribution is 5.83. The van der Waals surface area contributed by atoms with Crippen LogP contribution in [0.2, 0.25) is 0 Å². The maximum Gasteiger partial charge on any atom is 0.490 e. The van der Waals surface area contributed by atoms with E-state index in [9.17, 15) is 37.8 Å². The number of amides is 1. The summed E-state index contributed by atoms with van der Waals surface area (Å²) in [7, 11) is 3.59. The van der Waals surface area contributed by atoms with Crippen molar-refractivity contribution in [1.82, 2.24) is 10.2 Å². The van der Waals surface area contributed by atoms with Crippen LogP contribution in [-0.2, 0) is 40.5 Å². The van der Waals surface area contributed by atoms with Gasteiger partial charge in [-0.05, 0) is 51.1 Å². The van der Waals surface area contributed by atoms with Crippen molar-refractivity contribution in [1.29, 1.82) is 0 Å². The average Bonchev–Trinajstić information content (AvgIpc) is 3.42. The van der Waals surface area contributed by atoms with E-state index in [1.165, 1.54) is 6.92 Å². The average molecular weight is 707 g/mol. The second-order valence-corrected chi connectivity index (χ2v) is 12.5. The van der Waals surface area contributed by atoms with Gasteiger partial charge in [-0.25, -0.2) is 9.59 Å². The summed E-state index contributed by atoms with van der Waals surface area (Å²) in [6.45, 7) is 1.97. The molecule has 0 aromatic heterocycles. The van der Waals surface area contributed by atoms with Crippen molar-refractivity contribution in [3.05, 3.63) is 71.0 Å². The molecule has 1 amide bonds. The first kappa shape index (κ1) is 36.6. The van der Waals surface area contributed by atoms with E-state index in [0.717, 1.165) is 17.7 Å². The fourth-order valence-corrected chi connectivity index (χ4v) is 7.26. The third-order valence-electron chi connectivity index (χ3n) is 9.59. The number of hydrogen-bond acceptors (Lipinski definition) is 11. The molecule has 4 N–H and O–H groups in total. The monoisotopic (exact) mass is 706 g/mol. The Labute approximate surface area is 284 Å². The van der Waals surface area contributed by atoms with Gasteiger partial charge in [-0.15, -0.1) is 0 Å². The highest BCUT2D eigenvalue weighted by atomic mass is 19.4. The number of methoxy groups -OCH3 is 1. The number of carbonyl (C=O) groups excluding carboxylic acids is 3. The van der Waals surface area contributed by atoms with E-state index in [-0.39, 0.29) is 31.2 Å². The van der Waals surface area contributed by atoms with Crippen molar-refractivity contribution in [2.24, 2.45) is 0 Å². The number of esters is 2. The number of ether oxygens (including phenoxy) is 4. The molecule has 1 spiro atoms. The van der Waals surface area contributed by atoms with Crippen molar-refractivity contribution in [3.8, 4) is 11.5 Å². The van der Waals surface area contributed by atoms with Gasteiger partial charge in [-0.2, -0.15) is 13.2 Å². The first-order valence-corrected chi connectivity index (χ1v) is 15.8. The lowest BCUT2D eigenvalue weighted by Gasteiger charge is -2.61. The number of hydrogen-bond donors (Lipinski definition) is 4. The van der Waals surface area contributed by atoms with Crippen LogP contribution in [0.25, 0.3) is 0 Å². The summed E-state index contributed by atoms with van der Waals surface area (Å²) >= 11 is 0. The number of likely N-dealkylation sites (tertiary alicyclic amines) is 1. The number of carbonyl (C=O) groups is 4. The molecule has 13 nitrogen and oxygen atoms in total. The van der Waals surface area contributed by atoms with Gasteiger partial charge in [-0.1, -0.05) is 36.4 Å². The van der Waals surface area contributed by atoms with E-state index >= 15 is 0 Å². The van der Waals surface area contributed by atoms with Crippen LogP contribution < -0.4 is 14.8 Å². The van der Waals surface area contributed by atoms with Crippen molar-refractivity contribution in [2.75, 3.05) is 27.2 Å². The predicted molar refractivity (Wildman–Crippen MR) is 166 cm³/mol. The fraction of sp³-hybridized carbons (Fsp3) is 0.471. The largest absolute Gasteiger partial charge is 0.493 e. The Bertz CT molecular complexity index is 1680. The van der Waals surface area contributed by atoms with Gasteiger partial charge >= 0.3 is 24.1 Å². The molecule has 2 heterocycles. The number of alkyl halides is 3. The minimum Gasteiger partial charge on any atom is -0.493 e. The van der Waals surface area contributed by atoms with E-state index < -0.39 is 59.3 Å². The summed E-state index contributed by atoms with van der Waals surface area (Å²) in [4.78, 5) is 49.2. The smallest absolute Gasteiger partial charge is 0.490 e. The van der Waals surface area contributed by atoms with Gasteiger partial charge in [0.1, 0.15) is 11.9 Å². The van der Waals surface area contributed by atoms with E-state index in [2.05, 4.69) is 10.2 Å². The van der Waals surface area contributed by atoms with Crippen LogP contribution in [0.3, 0.4) is 0 Å². The van der Waals surface area contributed by atoms with Gasteiger partial charge in [-0.3, -0.25) is 9.59 Å². The lowest BCUT2D eigenvalue weighted by molar-refractivity contribution is -0.192. The van der Waals surface area contributed by atoms with E-state index in [1.54, 1.807) is 43.5 Å². The first-order valence-electron chi connectivity index (χ1n) is 15.8. The number of likely N-dealkylation sites (N-methyl/N-ethyl adjacent to an activating group) is 1. The zero-order valence-corrected chi connectivity index (χ0v) is 27.4. The van der Waals surface area contributed by atoms with Gasteiger partial charge < -0.3 is 44.5 Å². The minimum atomic E-state index is -5.08. The van der Waals surface area contributed by atoms with Gasteiger partial charge in [0, 0.05) is 30.1 Å². The molecule has 2 bridgehead atoms. The van der Waals surface area contributed by atoms with Crippen LogP contribution in [0.5, 0.6) is 11.5 Å². The molecule has 2 aliphatic heterocycles. The normalized spacial score (nSPS) is 25.6. The molecular formula is C34H37F3N2O11. The maximum atomic E-state index is 13.8. The van der Waals surface area contributed by atoms with Crippen molar-refractivity contribution >= 4 is 23.8 Å². The molecule has 0 saturated carbocycles. The quantitative estimate of drug-likeness (QED) is 0.280. The molecule has 270 valence electrons. The van der Waals surface area contributed by atoms with Gasteiger partial charge in [0.25, 0.3) is 0 Å². The summed E-state index contributed by atoms with van der Waals surface area (Å²) in [6.07, 6.45) is -5.49. The zero-order chi connectivity index (χ0) is 36.6. The number of piperidine rings is 1. The van der Waals surface area contributed by atoms with Crippen LogP contribution in [-0.4, -0.2) is 101 Å². The highest BCUT2D eigenvalue weighted by Crippen LogP contribution is 2.65. The third-order valence-corrected chi connectivity index (χ3v) is 9.59. The standard InChI is InChI=1S/C32H36N2O9.C2HF3O2/c1-18(35)29(37)33-15-12-24(36)42-26(19-7-5-4-6-8-19)30(38)41-22-11-13-32(39)23-17-20-9-10-21(40-3)27-25(20)31(32,28(22)43-27)14-16-34(23)2;3-2(4,5)1(6)7/h4-11,18,23,26,28,35,39H,12-17H2,1-3H3,(H,33,37);(H,6,7)/t18?,23-,26?,28+,31+,32-;/m1./s1. The Morgan fingerprint density at radius 2 is 1.82 bits per heavy atom. The summed E-state index contributed by atoms with van der Waals surface area (Å²) in [5, 5.41) is 31.3. The number of aliphatic hydroxyl groups excluding tert-OH is 1. The van der Waals surface area contributed by atoms with Crippen LogP contribution >= 0.6 is 0 Å². The molecule has 6 rings (SSSR count). The van der Waals surface area contributed by atoms with Crippen molar-refractivity contribution in [2.45, 2.75) is 74.2 Å². The summed E-state index contributed by atoms with van der Waals surface area (Å²) in [5.74, 6) is -3.56. The molecule has 2 unspecified atom stereocenters. The lowest BCUT2D eigenvalue weighted by atomic mass is 9.50. The number of halogens is 3.